The van der Waals surface area contributed by atoms with Gasteiger partial charge in [-0.15, -0.1) is 0 Å². The van der Waals surface area contributed by atoms with E-state index in [1.54, 1.807) is 12.1 Å². The number of carbonyl (C=O) groups excluding carboxylic acids is 2. The van der Waals surface area contributed by atoms with E-state index in [1.807, 2.05) is 0 Å². The molecule has 0 bridgehead atoms. The van der Waals surface area contributed by atoms with Crippen molar-refractivity contribution >= 4 is 28.9 Å². The van der Waals surface area contributed by atoms with E-state index in [-0.39, 0.29) is 28.2 Å². The van der Waals surface area contributed by atoms with Crippen LogP contribution in [-0.4, -0.2) is 37.0 Å². The van der Waals surface area contributed by atoms with Gasteiger partial charge in [0, 0.05) is 25.3 Å². The maximum atomic E-state index is 12.4. The first-order valence-corrected chi connectivity index (χ1v) is 7.65. The third-order valence-corrected chi connectivity index (χ3v) is 3.52. The zero-order valence-electron chi connectivity index (χ0n) is 14.0. The smallest absolute Gasteiger partial charge is 0.293 e. The minimum atomic E-state index is -0.690. The van der Waals surface area contributed by atoms with E-state index >= 15 is 0 Å². The second-order valence-corrected chi connectivity index (χ2v) is 5.27. The van der Waals surface area contributed by atoms with Gasteiger partial charge >= 0.3 is 0 Å². The van der Waals surface area contributed by atoms with Gasteiger partial charge in [-0.05, 0) is 24.3 Å². The number of nitrogens with one attached hydrogen (secondary N) is 2. The lowest BCUT2D eigenvalue weighted by Gasteiger charge is -2.10. The van der Waals surface area contributed by atoms with Crippen molar-refractivity contribution in [1.82, 2.24) is 0 Å². The van der Waals surface area contributed by atoms with Crippen LogP contribution in [0.2, 0.25) is 0 Å². The Labute approximate surface area is 149 Å². The maximum absolute atomic E-state index is 12.4. The van der Waals surface area contributed by atoms with Gasteiger partial charge in [-0.25, -0.2) is 0 Å². The van der Waals surface area contributed by atoms with Crippen LogP contribution in [0.15, 0.2) is 42.5 Å². The van der Waals surface area contributed by atoms with Crippen LogP contribution < -0.4 is 16.4 Å². The molecule has 4 N–H and O–H groups in total. The minimum Gasteiger partial charge on any atom is -0.383 e. The molecule has 0 aliphatic heterocycles. The Hall–Kier alpha value is -3.46. The number of nitro groups is 1. The largest absolute Gasteiger partial charge is 0.383 e. The van der Waals surface area contributed by atoms with Crippen molar-refractivity contribution in [2.45, 2.75) is 0 Å². The van der Waals surface area contributed by atoms with Crippen LogP contribution in [0.3, 0.4) is 0 Å². The van der Waals surface area contributed by atoms with Crippen LogP contribution in [0, 0.1) is 10.1 Å². The molecule has 26 heavy (non-hydrogen) atoms. The number of para-hydroxylation sites is 1. The van der Waals surface area contributed by atoms with E-state index in [0.29, 0.717) is 13.2 Å². The summed E-state index contributed by atoms with van der Waals surface area (Å²) in [5.41, 5.74) is 5.77. The second-order valence-electron chi connectivity index (χ2n) is 5.27. The highest BCUT2D eigenvalue weighted by Crippen LogP contribution is 2.26. The Balaban J connectivity index is 2.25. The van der Waals surface area contributed by atoms with Crippen molar-refractivity contribution in [2.75, 3.05) is 30.9 Å². The minimum absolute atomic E-state index is 0.0771. The molecular weight excluding hydrogens is 340 g/mol. The van der Waals surface area contributed by atoms with E-state index in [9.17, 15) is 19.7 Å². The molecule has 0 spiro atoms. The number of primary amides is 1. The molecular formula is C17H18N4O5. The summed E-state index contributed by atoms with van der Waals surface area (Å²) in [5.74, 6) is -1.28. The average molecular weight is 358 g/mol. The van der Waals surface area contributed by atoms with Gasteiger partial charge in [-0.1, -0.05) is 12.1 Å². The Morgan fingerprint density at radius 2 is 1.92 bits per heavy atom. The highest BCUT2D eigenvalue weighted by atomic mass is 16.6. The van der Waals surface area contributed by atoms with E-state index in [0.717, 1.165) is 6.07 Å². The Morgan fingerprint density at radius 3 is 2.58 bits per heavy atom. The monoisotopic (exact) mass is 358 g/mol. The van der Waals surface area contributed by atoms with Crippen molar-refractivity contribution in [3.8, 4) is 0 Å². The molecule has 9 nitrogen and oxygen atoms in total. The van der Waals surface area contributed by atoms with Gasteiger partial charge in [0.2, 0.25) is 0 Å². The fourth-order valence-electron chi connectivity index (χ4n) is 2.26. The normalized spacial score (nSPS) is 10.2. The molecule has 0 aliphatic carbocycles. The molecule has 0 aromatic heterocycles. The molecule has 0 radical (unpaired) electrons. The number of anilines is 2. The summed E-state index contributed by atoms with van der Waals surface area (Å²) < 4.78 is 4.89. The topological polar surface area (TPSA) is 137 Å². The number of carbonyl (C=O) groups is 2. The van der Waals surface area contributed by atoms with Crippen LogP contribution in [0.25, 0.3) is 0 Å². The Kier molecular flexibility index (Phi) is 6.23. The molecule has 136 valence electrons. The summed E-state index contributed by atoms with van der Waals surface area (Å²) in [7, 11) is 1.52. The van der Waals surface area contributed by atoms with Crippen molar-refractivity contribution < 1.29 is 19.2 Å². The predicted octanol–water partition coefficient (Wildman–Crippen LogP) is 2.00. The van der Waals surface area contributed by atoms with Crippen molar-refractivity contribution in [3.05, 3.63) is 63.7 Å². The Morgan fingerprint density at radius 1 is 1.19 bits per heavy atom. The molecule has 0 aliphatic rings. The fraction of sp³-hybridized carbons (Fsp3) is 0.176. The first-order chi connectivity index (χ1) is 12.4. The molecule has 0 atom stereocenters. The number of hydrogen-bond acceptors (Lipinski definition) is 6. The fourth-order valence-corrected chi connectivity index (χ4v) is 2.26. The van der Waals surface area contributed by atoms with Gasteiger partial charge in [-0.2, -0.15) is 0 Å². The molecule has 2 amide bonds. The van der Waals surface area contributed by atoms with Gasteiger partial charge in [0.15, 0.2) is 0 Å². The van der Waals surface area contributed by atoms with Crippen molar-refractivity contribution in [3.63, 3.8) is 0 Å². The molecule has 2 aromatic carbocycles. The molecule has 0 unspecified atom stereocenters. The predicted molar refractivity (Wildman–Crippen MR) is 96.4 cm³/mol. The van der Waals surface area contributed by atoms with Gasteiger partial charge in [0.05, 0.1) is 22.8 Å². The third kappa shape index (κ3) is 4.54. The van der Waals surface area contributed by atoms with Crippen LogP contribution in [0.4, 0.5) is 17.1 Å². The lowest BCUT2D eigenvalue weighted by atomic mass is 10.1. The summed E-state index contributed by atoms with van der Waals surface area (Å²) in [6.07, 6.45) is 0. The average Bonchev–Trinajstić information content (AvgIpc) is 2.62. The molecule has 2 aromatic rings. The van der Waals surface area contributed by atoms with Crippen LogP contribution in [0.1, 0.15) is 20.7 Å². The molecule has 0 heterocycles. The number of ether oxygens (including phenoxy) is 1. The highest BCUT2D eigenvalue weighted by molar-refractivity contribution is 6.09. The number of rotatable bonds is 8. The molecule has 2 rings (SSSR count). The quantitative estimate of drug-likeness (QED) is 0.375. The lowest BCUT2D eigenvalue weighted by molar-refractivity contribution is -0.384. The Bertz CT molecular complexity index is 838. The van der Waals surface area contributed by atoms with E-state index in [2.05, 4.69) is 10.6 Å². The lowest BCUT2D eigenvalue weighted by Crippen LogP contribution is -2.18. The summed E-state index contributed by atoms with van der Waals surface area (Å²) >= 11 is 0. The van der Waals surface area contributed by atoms with Crippen LogP contribution in [0.5, 0.6) is 0 Å². The summed E-state index contributed by atoms with van der Waals surface area (Å²) in [6, 6.07) is 10.3. The molecule has 0 saturated carbocycles. The number of nitrogens with two attached hydrogens (primary N) is 1. The van der Waals surface area contributed by atoms with Crippen LogP contribution in [-0.2, 0) is 4.74 Å². The van der Waals surface area contributed by atoms with E-state index < -0.39 is 16.7 Å². The second kappa shape index (κ2) is 8.58. The van der Waals surface area contributed by atoms with Gasteiger partial charge in [0.25, 0.3) is 17.5 Å². The first-order valence-electron chi connectivity index (χ1n) is 7.65. The standard InChI is InChI=1S/C17H18N4O5/c1-26-9-8-19-14-7-6-11(10-15(14)21(24)25)17(23)20-13-5-3-2-4-12(13)16(18)22/h2-7,10,19H,8-9H2,1H3,(H2,18,22)(H,20,23). The summed E-state index contributed by atoms with van der Waals surface area (Å²) in [5, 5.41) is 16.7. The number of nitro benzene ring substituents is 1. The van der Waals surface area contributed by atoms with Gasteiger partial charge in [0.1, 0.15) is 5.69 Å². The summed E-state index contributed by atoms with van der Waals surface area (Å²) in [6.45, 7) is 0.762. The number of methoxy groups -OCH3 is 1. The molecule has 0 fully saturated rings. The molecule has 9 heteroatoms. The maximum Gasteiger partial charge on any atom is 0.293 e. The van der Waals surface area contributed by atoms with E-state index in [4.69, 9.17) is 10.5 Å². The van der Waals surface area contributed by atoms with Crippen molar-refractivity contribution in [2.24, 2.45) is 5.73 Å². The number of benzene rings is 2. The van der Waals surface area contributed by atoms with Crippen molar-refractivity contribution in [1.29, 1.82) is 0 Å². The zero-order valence-corrected chi connectivity index (χ0v) is 14.0. The number of nitrogens with zero attached hydrogens (tertiary/aromatic N) is 1. The zero-order chi connectivity index (χ0) is 19.1. The SMILES string of the molecule is COCCNc1ccc(C(=O)Nc2ccccc2C(N)=O)cc1[N+](=O)[O-]. The molecule has 0 saturated heterocycles. The van der Waals surface area contributed by atoms with Gasteiger partial charge in [-0.3, -0.25) is 19.7 Å². The van der Waals surface area contributed by atoms with Crippen LogP contribution >= 0.6 is 0 Å². The first kappa shape index (κ1) is 18.9. The third-order valence-electron chi connectivity index (χ3n) is 3.52. The highest BCUT2D eigenvalue weighted by Gasteiger charge is 2.18. The van der Waals surface area contributed by atoms with E-state index in [1.165, 1.54) is 31.4 Å². The number of hydrogen-bond donors (Lipinski definition) is 3. The van der Waals surface area contributed by atoms with Gasteiger partial charge < -0.3 is 21.1 Å². The summed E-state index contributed by atoms with van der Waals surface area (Å²) in [4.78, 5) is 34.5. The number of amides is 2.